The van der Waals surface area contributed by atoms with Gasteiger partial charge in [-0.05, 0) is 30.3 Å². The van der Waals surface area contributed by atoms with Gasteiger partial charge in [0.05, 0.1) is 11.2 Å². The maximum absolute atomic E-state index is 10.9. The summed E-state index contributed by atoms with van der Waals surface area (Å²) in [6.45, 7) is 0. The smallest absolute Gasteiger partial charge is 0.331 e. The van der Waals surface area contributed by atoms with Crippen molar-refractivity contribution in [2.45, 2.75) is 0 Å². The van der Waals surface area contributed by atoms with Crippen molar-refractivity contribution in [3.8, 4) is 23.0 Å². The molecule has 0 radical (unpaired) electrons. The molecule has 0 N–H and O–H groups in total. The number of furan rings is 1. The molecule has 0 bridgehead atoms. The molecule has 3 aromatic rings. The molecule has 104 valence electrons. The minimum Gasteiger partial charge on any atom is -0.464 e. The van der Waals surface area contributed by atoms with Crippen LogP contribution in [0.25, 0.3) is 11.3 Å². The first-order valence-electron chi connectivity index (χ1n) is 6.15. The number of aromatic nitrogens is 1. The highest BCUT2D eigenvalue weighted by atomic mass is 16.6. The van der Waals surface area contributed by atoms with E-state index in [4.69, 9.17) is 9.15 Å². The second-order valence-electron chi connectivity index (χ2n) is 4.19. The van der Waals surface area contributed by atoms with E-state index in [0.717, 1.165) is 5.56 Å². The van der Waals surface area contributed by atoms with Gasteiger partial charge >= 0.3 is 5.69 Å². The third-order valence-corrected chi connectivity index (χ3v) is 2.80. The molecule has 2 aromatic heterocycles. The van der Waals surface area contributed by atoms with Gasteiger partial charge in [-0.15, -0.1) is 0 Å². The molecule has 6 heteroatoms. The lowest BCUT2D eigenvalue weighted by Gasteiger charge is -2.06. The van der Waals surface area contributed by atoms with Gasteiger partial charge in [-0.25, -0.2) is 4.98 Å². The van der Waals surface area contributed by atoms with E-state index < -0.39 is 4.92 Å². The van der Waals surface area contributed by atoms with E-state index >= 15 is 0 Å². The number of pyridine rings is 1. The van der Waals surface area contributed by atoms with Crippen molar-refractivity contribution < 1.29 is 14.1 Å². The number of hydrogen-bond acceptors (Lipinski definition) is 5. The van der Waals surface area contributed by atoms with Gasteiger partial charge < -0.3 is 9.15 Å². The summed E-state index contributed by atoms with van der Waals surface area (Å²) < 4.78 is 10.8. The van der Waals surface area contributed by atoms with Gasteiger partial charge in [0.25, 0.3) is 5.88 Å². The summed E-state index contributed by atoms with van der Waals surface area (Å²) in [6.07, 6.45) is 3.02. The third kappa shape index (κ3) is 2.74. The normalized spacial score (nSPS) is 10.3. The lowest BCUT2D eigenvalue weighted by atomic mass is 10.1. The standard InChI is InChI=1S/C15H10N2O4/c18-17(19)13-6-2-8-16-15(13)21-12-5-1-4-11(10-12)14-7-3-9-20-14/h1-10H. The number of benzene rings is 1. The molecular weight excluding hydrogens is 272 g/mol. The summed E-state index contributed by atoms with van der Waals surface area (Å²) in [4.78, 5) is 14.3. The van der Waals surface area contributed by atoms with Crippen LogP contribution < -0.4 is 4.74 Å². The number of hydrogen-bond donors (Lipinski definition) is 0. The van der Waals surface area contributed by atoms with Crippen molar-refractivity contribution in [3.05, 3.63) is 71.1 Å². The Labute approximate surface area is 119 Å². The second-order valence-corrected chi connectivity index (χ2v) is 4.19. The second kappa shape index (κ2) is 5.46. The highest BCUT2D eigenvalue weighted by Gasteiger charge is 2.16. The Balaban J connectivity index is 1.93. The highest BCUT2D eigenvalue weighted by molar-refractivity contribution is 5.59. The molecule has 0 spiro atoms. The summed E-state index contributed by atoms with van der Waals surface area (Å²) in [6, 6.07) is 13.5. The monoisotopic (exact) mass is 282 g/mol. The first kappa shape index (κ1) is 12.9. The molecule has 1 aromatic carbocycles. The average molecular weight is 282 g/mol. The van der Waals surface area contributed by atoms with E-state index in [1.165, 1.54) is 18.3 Å². The Bertz CT molecular complexity index is 769. The molecule has 3 rings (SSSR count). The predicted molar refractivity (Wildman–Crippen MR) is 75.1 cm³/mol. The predicted octanol–water partition coefficient (Wildman–Crippen LogP) is 4.04. The molecule has 0 unspecified atom stereocenters. The molecule has 0 aliphatic carbocycles. The topological polar surface area (TPSA) is 78.4 Å². The molecule has 6 nitrogen and oxygen atoms in total. The molecule has 0 aliphatic rings. The van der Waals surface area contributed by atoms with Crippen LogP contribution in [0.1, 0.15) is 0 Å². The van der Waals surface area contributed by atoms with Gasteiger partial charge in [-0.2, -0.15) is 0 Å². The zero-order valence-electron chi connectivity index (χ0n) is 10.8. The molecule has 0 amide bonds. The SMILES string of the molecule is O=[N+]([O-])c1cccnc1Oc1cccc(-c2ccco2)c1. The van der Waals surface area contributed by atoms with E-state index in [9.17, 15) is 10.1 Å². The largest absolute Gasteiger partial charge is 0.464 e. The van der Waals surface area contributed by atoms with Crippen LogP contribution in [0.3, 0.4) is 0 Å². The summed E-state index contributed by atoms with van der Waals surface area (Å²) in [5, 5.41) is 10.9. The lowest BCUT2D eigenvalue weighted by Crippen LogP contribution is -1.95. The summed E-state index contributed by atoms with van der Waals surface area (Å²) in [5.41, 5.74) is 0.636. The van der Waals surface area contributed by atoms with Gasteiger partial charge in [0.15, 0.2) is 0 Å². The van der Waals surface area contributed by atoms with Crippen LogP contribution in [0.4, 0.5) is 5.69 Å². The highest BCUT2D eigenvalue weighted by Crippen LogP contribution is 2.31. The molecule has 0 saturated carbocycles. The van der Waals surface area contributed by atoms with Gasteiger partial charge in [-0.3, -0.25) is 10.1 Å². The van der Waals surface area contributed by atoms with Crippen molar-refractivity contribution in [1.29, 1.82) is 0 Å². The number of ether oxygens (including phenoxy) is 1. The van der Waals surface area contributed by atoms with Gasteiger partial charge in [0, 0.05) is 17.8 Å². The van der Waals surface area contributed by atoms with E-state index in [-0.39, 0.29) is 11.6 Å². The Morgan fingerprint density at radius 3 is 2.81 bits per heavy atom. The lowest BCUT2D eigenvalue weighted by molar-refractivity contribution is -0.386. The molecular formula is C15H10N2O4. The van der Waals surface area contributed by atoms with Crippen molar-refractivity contribution in [3.63, 3.8) is 0 Å². The molecule has 0 atom stereocenters. The minimum atomic E-state index is -0.529. The maximum Gasteiger partial charge on any atom is 0.331 e. The number of rotatable bonds is 4. The third-order valence-electron chi connectivity index (χ3n) is 2.80. The fourth-order valence-corrected chi connectivity index (χ4v) is 1.87. The molecule has 0 saturated heterocycles. The minimum absolute atomic E-state index is 0.0425. The van der Waals surface area contributed by atoms with Crippen molar-refractivity contribution >= 4 is 5.69 Å². The van der Waals surface area contributed by atoms with Crippen LogP contribution >= 0.6 is 0 Å². The average Bonchev–Trinajstić information content (AvgIpc) is 3.02. The molecule has 2 heterocycles. The number of nitro groups is 1. The van der Waals surface area contributed by atoms with E-state index in [2.05, 4.69) is 4.98 Å². The fourth-order valence-electron chi connectivity index (χ4n) is 1.87. The Hall–Kier alpha value is -3.15. The molecule has 21 heavy (non-hydrogen) atoms. The zero-order valence-corrected chi connectivity index (χ0v) is 10.8. The van der Waals surface area contributed by atoms with Gasteiger partial charge in [0.2, 0.25) is 0 Å². The summed E-state index contributed by atoms with van der Waals surface area (Å²) in [7, 11) is 0. The van der Waals surface area contributed by atoms with Crippen LogP contribution in [-0.4, -0.2) is 9.91 Å². The van der Waals surface area contributed by atoms with Crippen LogP contribution in [0.15, 0.2) is 65.4 Å². The Morgan fingerprint density at radius 1 is 1.14 bits per heavy atom. The van der Waals surface area contributed by atoms with Crippen molar-refractivity contribution in [2.24, 2.45) is 0 Å². The van der Waals surface area contributed by atoms with Crippen LogP contribution in [0, 0.1) is 10.1 Å². The van der Waals surface area contributed by atoms with E-state index in [1.807, 2.05) is 12.1 Å². The summed E-state index contributed by atoms with van der Waals surface area (Å²) in [5.74, 6) is 1.10. The molecule has 0 aliphatic heterocycles. The Morgan fingerprint density at radius 2 is 2.05 bits per heavy atom. The van der Waals surface area contributed by atoms with Crippen LogP contribution in [-0.2, 0) is 0 Å². The summed E-state index contributed by atoms with van der Waals surface area (Å²) >= 11 is 0. The van der Waals surface area contributed by atoms with Crippen molar-refractivity contribution in [2.75, 3.05) is 0 Å². The van der Waals surface area contributed by atoms with Gasteiger partial charge in [0.1, 0.15) is 11.5 Å². The van der Waals surface area contributed by atoms with Crippen LogP contribution in [0.5, 0.6) is 11.6 Å². The fraction of sp³-hybridized carbons (Fsp3) is 0. The maximum atomic E-state index is 10.9. The van der Waals surface area contributed by atoms with Crippen molar-refractivity contribution in [1.82, 2.24) is 4.98 Å². The first-order chi connectivity index (χ1) is 10.2. The Kier molecular flexibility index (Phi) is 3.34. The molecule has 0 fully saturated rings. The first-order valence-corrected chi connectivity index (χ1v) is 6.15. The quantitative estimate of drug-likeness (QED) is 0.533. The van der Waals surface area contributed by atoms with Crippen LogP contribution in [0.2, 0.25) is 0 Å². The van der Waals surface area contributed by atoms with Gasteiger partial charge in [-0.1, -0.05) is 12.1 Å². The number of nitrogens with zero attached hydrogens (tertiary/aromatic N) is 2. The zero-order chi connectivity index (χ0) is 14.7. The van der Waals surface area contributed by atoms with E-state index in [0.29, 0.717) is 11.5 Å². The van der Waals surface area contributed by atoms with E-state index in [1.54, 1.807) is 30.5 Å².